The van der Waals surface area contributed by atoms with Crippen LogP contribution in [-0.2, 0) is 7.05 Å². The summed E-state index contributed by atoms with van der Waals surface area (Å²) in [6.45, 7) is 2.10. The molecule has 1 aromatic heterocycles. The molecular weight excluding hydrogens is 276 g/mol. The molecule has 1 atom stereocenters. The average Bonchev–Trinajstić information content (AvgIpc) is 2.74. The van der Waals surface area contributed by atoms with Gasteiger partial charge in [-0.3, -0.25) is 0 Å². The molecule has 0 saturated heterocycles. The number of anilines is 1. The Morgan fingerprint density at radius 1 is 1.45 bits per heavy atom. The predicted octanol–water partition coefficient (Wildman–Crippen LogP) is 1.24. The minimum absolute atomic E-state index is 0.216. The number of benzene rings is 1. The second-order valence-corrected chi connectivity index (χ2v) is 5.42. The van der Waals surface area contributed by atoms with Gasteiger partial charge in [0.1, 0.15) is 18.2 Å². The highest BCUT2D eigenvalue weighted by Crippen LogP contribution is 2.18. The van der Waals surface area contributed by atoms with E-state index < -0.39 is 6.10 Å². The lowest BCUT2D eigenvalue weighted by atomic mass is 10.3. The van der Waals surface area contributed by atoms with Crippen LogP contribution >= 0.6 is 11.8 Å². The molecule has 0 bridgehead atoms. The maximum atomic E-state index is 9.90. The molecule has 6 nitrogen and oxygen atoms in total. The molecule has 0 spiro atoms. The first-order valence-corrected chi connectivity index (χ1v) is 7.20. The number of nitrogens with zero attached hydrogens (tertiary/aromatic N) is 3. The van der Waals surface area contributed by atoms with Crippen molar-refractivity contribution in [2.75, 3.05) is 18.1 Å². The first kappa shape index (κ1) is 14.7. The number of aliphatic hydroxyl groups excluding tert-OH is 1. The number of aryl methyl sites for hydroxylation is 1. The van der Waals surface area contributed by atoms with Gasteiger partial charge >= 0.3 is 0 Å². The fraction of sp³-hybridized carbons (Fsp3) is 0.385. The monoisotopic (exact) mass is 294 g/mol. The second-order valence-electron chi connectivity index (χ2n) is 4.44. The van der Waals surface area contributed by atoms with Crippen molar-refractivity contribution in [2.45, 2.75) is 18.2 Å². The van der Waals surface area contributed by atoms with Crippen molar-refractivity contribution in [1.29, 1.82) is 0 Å². The van der Waals surface area contributed by atoms with Crippen LogP contribution in [0.4, 0.5) is 5.69 Å². The van der Waals surface area contributed by atoms with Gasteiger partial charge in [0.05, 0.1) is 6.10 Å². The second kappa shape index (κ2) is 6.62. The Balaban J connectivity index is 1.78. The summed E-state index contributed by atoms with van der Waals surface area (Å²) in [6.07, 6.45) is -0.585. The molecule has 0 aliphatic carbocycles. The maximum absolute atomic E-state index is 9.90. The van der Waals surface area contributed by atoms with E-state index in [1.807, 2.05) is 30.7 Å². The van der Waals surface area contributed by atoms with Crippen molar-refractivity contribution in [2.24, 2.45) is 7.05 Å². The zero-order chi connectivity index (χ0) is 14.5. The molecule has 108 valence electrons. The van der Waals surface area contributed by atoms with E-state index in [1.165, 1.54) is 11.8 Å². The number of aromatic nitrogens is 3. The van der Waals surface area contributed by atoms with Gasteiger partial charge in [-0.05, 0) is 19.1 Å². The summed E-state index contributed by atoms with van der Waals surface area (Å²) in [5.74, 6) is 2.00. The summed E-state index contributed by atoms with van der Waals surface area (Å²) in [6, 6.07) is 7.14. The van der Waals surface area contributed by atoms with Crippen molar-refractivity contribution in [3.05, 3.63) is 30.1 Å². The van der Waals surface area contributed by atoms with Crippen LogP contribution in [0.2, 0.25) is 0 Å². The molecule has 1 heterocycles. The van der Waals surface area contributed by atoms with Crippen LogP contribution in [0, 0.1) is 6.92 Å². The van der Waals surface area contributed by atoms with E-state index >= 15 is 0 Å². The third-order valence-electron chi connectivity index (χ3n) is 2.76. The number of ether oxygens (including phenoxy) is 1. The first-order valence-electron chi connectivity index (χ1n) is 6.21. The van der Waals surface area contributed by atoms with E-state index in [9.17, 15) is 5.11 Å². The first-order chi connectivity index (χ1) is 9.56. The number of aliphatic hydroxyl groups is 1. The maximum Gasteiger partial charge on any atom is 0.191 e. The zero-order valence-corrected chi connectivity index (χ0v) is 12.3. The van der Waals surface area contributed by atoms with Gasteiger partial charge in [0.2, 0.25) is 0 Å². The van der Waals surface area contributed by atoms with Gasteiger partial charge in [-0.2, -0.15) is 0 Å². The molecule has 1 aromatic carbocycles. The molecular formula is C13H18N4O2S. The molecule has 20 heavy (non-hydrogen) atoms. The quantitative estimate of drug-likeness (QED) is 0.616. The van der Waals surface area contributed by atoms with Gasteiger partial charge in [-0.25, -0.2) is 0 Å². The summed E-state index contributed by atoms with van der Waals surface area (Å²) >= 11 is 1.45. The highest BCUT2D eigenvalue weighted by Gasteiger charge is 2.10. The van der Waals surface area contributed by atoms with Crippen molar-refractivity contribution in [1.82, 2.24) is 14.8 Å². The Labute approximate surface area is 122 Å². The van der Waals surface area contributed by atoms with Gasteiger partial charge in [0.25, 0.3) is 0 Å². The van der Waals surface area contributed by atoms with Crippen LogP contribution < -0.4 is 10.5 Å². The van der Waals surface area contributed by atoms with E-state index in [1.54, 1.807) is 12.1 Å². The lowest BCUT2D eigenvalue weighted by Crippen LogP contribution is -2.20. The van der Waals surface area contributed by atoms with Crippen LogP contribution in [0.5, 0.6) is 5.75 Å². The number of hydrogen-bond donors (Lipinski definition) is 2. The number of hydrogen-bond acceptors (Lipinski definition) is 6. The number of nitrogens with two attached hydrogens (primary N) is 1. The summed E-state index contributed by atoms with van der Waals surface area (Å²) in [7, 11) is 1.90. The SMILES string of the molecule is Cc1nnc(SCC(O)COc2cccc(N)c2)n1C. The Morgan fingerprint density at radius 2 is 2.25 bits per heavy atom. The summed E-state index contributed by atoms with van der Waals surface area (Å²) < 4.78 is 7.37. The molecule has 0 radical (unpaired) electrons. The van der Waals surface area contributed by atoms with Crippen LogP contribution in [-0.4, -0.2) is 38.3 Å². The normalized spacial score (nSPS) is 12.3. The standard InChI is InChI=1S/C13H18N4O2S/c1-9-15-16-13(17(9)2)20-8-11(18)7-19-12-5-3-4-10(14)6-12/h3-6,11,18H,7-8,14H2,1-2H3. The summed E-state index contributed by atoms with van der Waals surface area (Å²) in [5.41, 5.74) is 6.29. The fourth-order valence-electron chi connectivity index (χ4n) is 1.53. The molecule has 2 aromatic rings. The minimum atomic E-state index is -0.585. The molecule has 7 heteroatoms. The van der Waals surface area contributed by atoms with E-state index in [-0.39, 0.29) is 6.61 Å². The largest absolute Gasteiger partial charge is 0.491 e. The number of nitrogen functional groups attached to an aromatic ring is 1. The zero-order valence-electron chi connectivity index (χ0n) is 11.5. The number of rotatable bonds is 6. The Hall–Kier alpha value is -1.73. The van der Waals surface area contributed by atoms with E-state index in [0.29, 0.717) is 17.2 Å². The van der Waals surface area contributed by atoms with E-state index in [0.717, 1.165) is 11.0 Å². The molecule has 3 N–H and O–H groups in total. The van der Waals surface area contributed by atoms with Gasteiger partial charge in [-0.15, -0.1) is 10.2 Å². The van der Waals surface area contributed by atoms with Crippen molar-refractivity contribution in [3.63, 3.8) is 0 Å². The average molecular weight is 294 g/mol. The van der Waals surface area contributed by atoms with Gasteiger partial charge in [-0.1, -0.05) is 17.8 Å². The molecule has 0 aliphatic heterocycles. The van der Waals surface area contributed by atoms with Gasteiger partial charge < -0.3 is 20.1 Å². The lowest BCUT2D eigenvalue weighted by Gasteiger charge is -2.12. The fourth-order valence-corrected chi connectivity index (χ4v) is 2.39. The lowest BCUT2D eigenvalue weighted by molar-refractivity contribution is 0.126. The number of thioether (sulfide) groups is 1. The predicted molar refractivity (Wildman–Crippen MR) is 78.8 cm³/mol. The Bertz CT molecular complexity index is 573. The molecule has 0 saturated carbocycles. The van der Waals surface area contributed by atoms with Crippen LogP contribution in [0.1, 0.15) is 5.82 Å². The molecule has 2 rings (SSSR count). The molecule has 0 amide bonds. The molecule has 0 aliphatic rings. The van der Waals surface area contributed by atoms with Crippen LogP contribution in [0.15, 0.2) is 29.4 Å². The van der Waals surface area contributed by atoms with Gasteiger partial charge in [0, 0.05) is 24.6 Å². The van der Waals surface area contributed by atoms with Crippen molar-refractivity contribution in [3.8, 4) is 5.75 Å². The van der Waals surface area contributed by atoms with Gasteiger partial charge in [0.15, 0.2) is 5.16 Å². The Kier molecular flexibility index (Phi) is 4.86. The molecule has 0 fully saturated rings. The van der Waals surface area contributed by atoms with E-state index in [2.05, 4.69) is 10.2 Å². The molecule has 1 unspecified atom stereocenters. The highest BCUT2D eigenvalue weighted by atomic mass is 32.2. The third-order valence-corrected chi connectivity index (χ3v) is 3.92. The summed E-state index contributed by atoms with van der Waals surface area (Å²) in [5, 5.41) is 18.7. The third kappa shape index (κ3) is 3.88. The topological polar surface area (TPSA) is 86.2 Å². The Morgan fingerprint density at radius 3 is 2.90 bits per heavy atom. The highest BCUT2D eigenvalue weighted by molar-refractivity contribution is 7.99. The van der Waals surface area contributed by atoms with Crippen molar-refractivity contribution < 1.29 is 9.84 Å². The van der Waals surface area contributed by atoms with Crippen LogP contribution in [0.3, 0.4) is 0 Å². The summed E-state index contributed by atoms with van der Waals surface area (Å²) in [4.78, 5) is 0. The minimum Gasteiger partial charge on any atom is -0.491 e. The van der Waals surface area contributed by atoms with Crippen molar-refractivity contribution >= 4 is 17.4 Å². The van der Waals surface area contributed by atoms with E-state index in [4.69, 9.17) is 10.5 Å². The van der Waals surface area contributed by atoms with Crippen LogP contribution in [0.25, 0.3) is 0 Å². The smallest absolute Gasteiger partial charge is 0.191 e.